The summed E-state index contributed by atoms with van der Waals surface area (Å²) in [4.78, 5) is 0. The highest BCUT2D eigenvalue weighted by molar-refractivity contribution is 5.85. The summed E-state index contributed by atoms with van der Waals surface area (Å²) in [7, 11) is 0. The Morgan fingerprint density at radius 2 is 1.70 bits per heavy atom. The lowest BCUT2D eigenvalue weighted by Crippen LogP contribution is -2.60. The maximum Gasteiger partial charge on any atom is 0.109 e. The molecule has 1 aliphatic rings. The minimum absolute atomic E-state index is 0. The van der Waals surface area contributed by atoms with E-state index in [0.29, 0.717) is 5.41 Å². The number of rotatable bonds is 0. The zero-order valence-electron chi connectivity index (χ0n) is 6.48. The van der Waals surface area contributed by atoms with Gasteiger partial charge in [-0.2, -0.15) is 0 Å². The van der Waals surface area contributed by atoms with Crippen molar-refractivity contribution in [2.45, 2.75) is 20.1 Å². The molecular weight excluding hydrogens is 150 g/mol. The highest BCUT2D eigenvalue weighted by Crippen LogP contribution is 2.13. The van der Waals surface area contributed by atoms with E-state index in [9.17, 15) is 0 Å². The third-order valence-corrected chi connectivity index (χ3v) is 1.60. The van der Waals surface area contributed by atoms with Crippen LogP contribution in [-0.2, 0) is 0 Å². The second-order valence-corrected chi connectivity index (χ2v) is 3.40. The summed E-state index contributed by atoms with van der Waals surface area (Å²) in [5.41, 5.74) is 5.89. The molecule has 0 atom stereocenters. The summed E-state index contributed by atoms with van der Waals surface area (Å²) in [5.74, 6) is 0. The maximum atomic E-state index is 5.53. The molecule has 1 heterocycles. The molecule has 1 fully saturated rings. The molecule has 1 saturated heterocycles. The first kappa shape index (κ1) is 10.2. The molecule has 62 valence electrons. The molecule has 0 spiro atoms. The Morgan fingerprint density at radius 3 is 2.00 bits per heavy atom. The first-order chi connectivity index (χ1) is 4.10. The van der Waals surface area contributed by atoms with Crippen LogP contribution in [-0.4, -0.2) is 19.4 Å². The molecule has 10 heavy (non-hydrogen) atoms. The molecule has 1 rings (SSSR count). The first-order valence-electron chi connectivity index (χ1n) is 3.32. The van der Waals surface area contributed by atoms with Gasteiger partial charge >= 0.3 is 0 Å². The van der Waals surface area contributed by atoms with Crippen LogP contribution in [0, 0.1) is 5.41 Å². The third-order valence-electron chi connectivity index (χ3n) is 1.60. The molecule has 0 aromatic heterocycles. The maximum absolute atomic E-state index is 5.53. The lowest BCUT2D eigenvalue weighted by Gasteiger charge is -2.34. The molecule has 0 aromatic carbocycles. The van der Waals surface area contributed by atoms with Gasteiger partial charge in [-0.15, -0.1) is 12.4 Å². The number of nitrogens with two attached hydrogens (primary N) is 1. The van der Waals surface area contributed by atoms with E-state index in [1.807, 2.05) is 0 Å². The van der Waals surface area contributed by atoms with Gasteiger partial charge in [-0.05, 0) is 5.41 Å². The molecule has 0 aromatic rings. The van der Waals surface area contributed by atoms with Gasteiger partial charge < -0.3 is 5.73 Å². The smallest absolute Gasteiger partial charge is 0.109 e. The molecule has 0 aliphatic carbocycles. The average molecular weight is 166 g/mol. The number of hydrogen-bond donors (Lipinski definition) is 3. The van der Waals surface area contributed by atoms with Gasteiger partial charge in [-0.3, -0.25) is 10.6 Å². The van der Waals surface area contributed by atoms with Gasteiger partial charge in [0.15, 0.2) is 0 Å². The van der Waals surface area contributed by atoms with Gasteiger partial charge in [0.2, 0.25) is 0 Å². The van der Waals surface area contributed by atoms with Crippen molar-refractivity contribution in [3.05, 3.63) is 0 Å². The highest BCUT2D eigenvalue weighted by Gasteiger charge is 2.23. The van der Waals surface area contributed by atoms with Crippen LogP contribution in [0.15, 0.2) is 0 Å². The van der Waals surface area contributed by atoms with Crippen molar-refractivity contribution in [2.24, 2.45) is 11.1 Å². The van der Waals surface area contributed by atoms with Crippen molar-refractivity contribution in [2.75, 3.05) is 13.1 Å². The fourth-order valence-corrected chi connectivity index (χ4v) is 0.907. The predicted molar refractivity (Wildman–Crippen MR) is 45.0 cm³/mol. The van der Waals surface area contributed by atoms with Crippen LogP contribution in [0.3, 0.4) is 0 Å². The topological polar surface area (TPSA) is 50.1 Å². The zero-order chi connectivity index (χ0) is 6.91. The van der Waals surface area contributed by atoms with E-state index in [1.54, 1.807) is 0 Å². The van der Waals surface area contributed by atoms with Crippen molar-refractivity contribution in [1.82, 2.24) is 10.6 Å². The third kappa shape index (κ3) is 2.84. The number of halogens is 1. The lowest BCUT2D eigenvalue weighted by atomic mass is 9.92. The summed E-state index contributed by atoms with van der Waals surface area (Å²) in [6, 6.07) is 0. The molecule has 1 aliphatic heterocycles. The van der Waals surface area contributed by atoms with Crippen LogP contribution in [0.2, 0.25) is 0 Å². The van der Waals surface area contributed by atoms with Crippen molar-refractivity contribution in [3.63, 3.8) is 0 Å². The van der Waals surface area contributed by atoms with E-state index in [0.717, 1.165) is 13.1 Å². The summed E-state index contributed by atoms with van der Waals surface area (Å²) >= 11 is 0. The summed E-state index contributed by atoms with van der Waals surface area (Å²) in [5, 5.41) is 6.28. The normalized spacial score (nSPS) is 25.5. The van der Waals surface area contributed by atoms with Crippen molar-refractivity contribution < 1.29 is 0 Å². The number of hydrogen-bond acceptors (Lipinski definition) is 3. The number of nitrogens with one attached hydrogen (secondary N) is 2. The zero-order valence-corrected chi connectivity index (χ0v) is 7.29. The van der Waals surface area contributed by atoms with Gasteiger partial charge in [0, 0.05) is 13.1 Å². The summed E-state index contributed by atoms with van der Waals surface area (Å²) in [6.07, 6.45) is -0.00183. The van der Waals surface area contributed by atoms with Crippen LogP contribution in [0.5, 0.6) is 0 Å². The predicted octanol–water partition coefficient (Wildman–Crippen LogP) is -0.131. The Balaban J connectivity index is 0.000000810. The average Bonchev–Trinajstić information content (AvgIpc) is 1.78. The van der Waals surface area contributed by atoms with Crippen LogP contribution in [0.25, 0.3) is 0 Å². The minimum Gasteiger partial charge on any atom is -0.304 e. The Labute approximate surface area is 68.2 Å². The quantitative estimate of drug-likeness (QED) is 0.469. The van der Waals surface area contributed by atoms with Crippen LogP contribution >= 0.6 is 12.4 Å². The summed E-state index contributed by atoms with van der Waals surface area (Å²) < 4.78 is 0. The van der Waals surface area contributed by atoms with Gasteiger partial charge in [-0.25, -0.2) is 0 Å². The summed E-state index contributed by atoms with van der Waals surface area (Å²) in [6.45, 7) is 6.42. The molecule has 0 radical (unpaired) electrons. The van der Waals surface area contributed by atoms with Gasteiger partial charge in [0.1, 0.15) is 6.29 Å². The first-order valence-corrected chi connectivity index (χ1v) is 3.32. The van der Waals surface area contributed by atoms with Crippen LogP contribution in [0.1, 0.15) is 13.8 Å². The van der Waals surface area contributed by atoms with E-state index in [1.165, 1.54) is 0 Å². The molecule has 0 saturated carbocycles. The lowest BCUT2D eigenvalue weighted by molar-refractivity contribution is 0.221. The van der Waals surface area contributed by atoms with E-state index < -0.39 is 0 Å². The van der Waals surface area contributed by atoms with Gasteiger partial charge in [-0.1, -0.05) is 13.8 Å². The fourth-order valence-electron chi connectivity index (χ4n) is 0.907. The molecular formula is C6H16ClN3. The van der Waals surface area contributed by atoms with E-state index in [-0.39, 0.29) is 18.7 Å². The van der Waals surface area contributed by atoms with Crippen molar-refractivity contribution in [3.8, 4) is 0 Å². The largest absolute Gasteiger partial charge is 0.304 e. The Hall–Kier alpha value is 0.170. The molecule has 0 amide bonds. The van der Waals surface area contributed by atoms with E-state index in [2.05, 4.69) is 24.5 Å². The van der Waals surface area contributed by atoms with Crippen molar-refractivity contribution >= 4 is 12.4 Å². The van der Waals surface area contributed by atoms with Gasteiger partial charge in [0.25, 0.3) is 0 Å². The Morgan fingerprint density at radius 1 is 1.30 bits per heavy atom. The standard InChI is InChI=1S/C6H15N3.ClH/c1-6(2)3-8-5(7)9-4-6;/h5,8-9H,3-4,7H2,1-2H3;1H. The van der Waals surface area contributed by atoms with E-state index in [4.69, 9.17) is 5.73 Å². The highest BCUT2D eigenvalue weighted by atomic mass is 35.5. The Bertz CT molecular complexity index is 95.2. The molecule has 4 heteroatoms. The molecule has 3 nitrogen and oxygen atoms in total. The molecule has 0 bridgehead atoms. The SMILES string of the molecule is CC1(C)CNC(N)NC1.Cl. The van der Waals surface area contributed by atoms with Crippen LogP contribution < -0.4 is 16.4 Å². The van der Waals surface area contributed by atoms with Crippen LogP contribution in [0.4, 0.5) is 0 Å². The van der Waals surface area contributed by atoms with Crippen molar-refractivity contribution in [1.29, 1.82) is 0 Å². The molecule has 4 N–H and O–H groups in total. The van der Waals surface area contributed by atoms with E-state index >= 15 is 0 Å². The second-order valence-electron chi connectivity index (χ2n) is 3.40. The monoisotopic (exact) mass is 165 g/mol. The molecule has 0 unspecified atom stereocenters. The fraction of sp³-hybridized carbons (Fsp3) is 1.00. The second kappa shape index (κ2) is 3.53. The Kier molecular flexibility index (Phi) is 3.59. The van der Waals surface area contributed by atoms with Gasteiger partial charge in [0.05, 0.1) is 0 Å². The minimum atomic E-state index is -0.00183.